The molecule has 0 aromatic rings. The maximum absolute atomic E-state index is 0. The van der Waals surface area contributed by atoms with Crippen LogP contribution in [-0.4, -0.2) is 17.1 Å². The molecule has 0 unspecified atom stereocenters. The Kier molecular flexibility index (Phi) is 227. The molecular formula is H5Br2ClSe. The topological polar surface area (TPSA) is 0 Å². The fourth-order valence-electron chi connectivity index (χ4n) is 0. The first-order valence-corrected chi connectivity index (χ1v) is 0. The van der Waals surface area contributed by atoms with E-state index in [1.807, 2.05) is 0 Å². The van der Waals surface area contributed by atoms with Gasteiger partial charge in [0.05, 0.1) is 0 Å². The summed E-state index contributed by atoms with van der Waals surface area (Å²) in [4.78, 5) is 0. The Labute approximate surface area is 63.1 Å². The molecule has 0 atom stereocenters. The molecule has 0 saturated carbocycles. The van der Waals surface area contributed by atoms with Gasteiger partial charge in [-0.25, -0.2) is 0 Å². The quantitative estimate of drug-likeness (QED) is 0.572. The van der Waals surface area contributed by atoms with Gasteiger partial charge in [0.2, 0.25) is 0 Å². The molecule has 0 fully saturated rings. The number of halogens is 3. The van der Waals surface area contributed by atoms with Crippen LogP contribution in [-0.2, 0) is 0 Å². The Morgan fingerprint density at radius 2 is 0.750 bits per heavy atom. The van der Waals surface area contributed by atoms with Crippen molar-refractivity contribution in [2.75, 3.05) is 0 Å². The van der Waals surface area contributed by atoms with Gasteiger partial charge < -0.3 is 0 Å². The van der Waals surface area contributed by atoms with Crippen molar-refractivity contribution in [2.24, 2.45) is 0 Å². The van der Waals surface area contributed by atoms with Crippen LogP contribution in [0.3, 0.4) is 0 Å². The van der Waals surface area contributed by atoms with Gasteiger partial charge in [0.25, 0.3) is 0 Å². The predicted octanol–water partition coefficient (Wildman–Crippen LogP) is 0.661. The van der Waals surface area contributed by atoms with Crippen molar-refractivity contribution < 1.29 is 0 Å². The van der Waals surface area contributed by atoms with E-state index < -0.39 is 0 Å². The van der Waals surface area contributed by atoms with E-state index in [1.54, 1.807) is 0 Å². The molecule has 32 valence electrons. The molecular weight excluding hydrogens is 274 g/mol. The molecule has 0 aromatic carbocycles. The van der Waals surface area contributed by atoms with Crippen LogP contribution in [0.15, 0.2) is 0 Å². The van der Waals surface area contributed by atoms with Crippen molar-refractivity contribution in [3.8, 4) is 0 Å². The summed E-state index contributed by atoms with van der Waals surface area (Å²) in [7, 11) is 0. The Bertz CT molecular complexity index is 6.00. The second-order valence-corrected chi connectivity index (χ2v) is 0. The average Bonchev–Trinajstić information content (AvgIpc) is 0. The molecule has 0 spiro atoms. The van der Waals surface area contributed by atoms with Crippen molar-refractivity contribution in [1.82, 2.24) is 0 Å². The summed E-state index contributed by atoms with van der Waals surface area (Å²) in [6.07, 6.45) is 0. The van der Waals surface area contributed by atoms with Crippen LogP contribution in [0, 0.1) is 0 Å². The maximum atomic E-state index is 0. The number of rotatable bonds is 0. The summed E-state index contributed by atoms with van der Waals surface area (Å²) in [6.45, 7) is 0. The summed E-state index contributed by atoms with van der Waals surface area (Å²) < 4.78 is 0. The Morgan fingerprint density at radius 3 is 0.750 bits per heavy atom. The summed E-state index contributed by atoms with van der Waals surface area (Å²) >= 11 is 0. The van der Waals surface area contributed by atoms with Gasteiger partial charge in [0.1, 0.15) is 0 Å². The molecule has 4 heavy (non-hydrogen) atoms. The van der Waals surface area contributed by atoms with E-state index in [9.17, 15) is 0 Å². The van der Waals surface area contributed by atoms with E-state index in [0.29, 0.717) is 0 Å². The van der Waals surface area contributed by atoms with Gasteiger partial charge in [-0.1, -0.05) is 0 Å². The molecule has 4 heteroatoms. The molecule has 0 aromatic heterocycles. The Hall–Kier alpha value is 1.77. The normalized spacial score (nSPS) is 0. The molecule has 0 aliphatic heterocycles. The van der Waals surface area contributed by atoms with Gasteiger partial charge in [-0.05, 0) is 0 Å². The monoisotopic (exact) mass is 278 g/mol. The molecule has 0 nitrogen and oxygen atoms in total. The third-order valence-electron chi connectivity index (χ3n) is 0. The van der Waals surface area contributed by atoms with Gasteiger partial charge in [-0.3, -0.25) is 0 Å². The SMILES string of the molecule is Br.Br.Cl.[SeH2]. The average molecular weight is 279 g/mol. The number of hydrogen-bond donors (Lipinski definition) is 0. The molecule has 0 saturated heterocycles. The summed E-state index contributed by atoms with van der Waals surface area (Å²) in [5.41, 5.74) is 0. The van der Waals surface area contributed by atoms with Gasteiger partial charge in [-0.2, -0.15) is 0 Å². The standard InChI is InChI=1S/2BrH.ClH.H2Se/h3*1H;1H2. The van der Waals surface area contributed by atoms with Crippen LogP contribution < -0.4 is 0 Å². The fourth-order valence-corrected chi connectivity index (χ4v) is 0. The minimum atomic E-state index is 0. The van der Waals surface area contributed by atoms with Crippen LogP contribution >= 0.6 is 46.4 Å². The van der Waals surface area contributed by atoms with Crippen molar-refractivity contribution in [1.29, 1.82) is 0 Å². The van der Waals surface area contributed by atoms with Crippen molar-refractivity contribution >= 4 is 63.4 Å². The van der Waals surface area contributed by atoms with E-state index in [0.717, 1.165) is 0 Å². The molecule has 0 rings (SSSR count). The molecule has 0 amide bonds. The van der Waals surface area contributed by atoms with Crippen molar-refractivity contribution in [3.63, 3.8) is 0 Å². The van der Waals surface area contributed by atoms with Crippen LogP contribution in [0.1, 0.15) is 0 Å². The van der Waals surface area contributed by atoms with Gasteiger partial charge >= 0.3 is 17.1 Å². The Balaban J connectivity index is 0. The van der Waals surface area contributed by atoms with Gasteiger partial charge in [0, 0.05) is 0 Å². The molecule has 0 bridgehead atoms. The van der Waals surface area contributed by atoms with E-state index >= 15 is 0 Å². The van der Waals surface area contributed by atoms with Gasteiger partial charge in [0.15, 0.2) is 0 Å². The first kappa shape index (κ1) is 41.9. The zero-order chi connectivity index (χ0) is 0. The molecule has 0 aliphatic rings. The summed E-state index contributed by atoms with van der Waals surface area (Å²) in [5, 5.41) is 0. The molecule has 0 aliphatic carbocycles. The van der Waals surface area contributed by atoms with Crippen LogP contribution in [0.5, 0.6) is 0 Å². The van der Waals surface area contributed by atoms with Crippen molar-refractivity contribution in [2.45, 2.75) is 0 Å². The van der Waals surface area contributed by atoms with Crippen LogP contribution in [0.2, 0.25) is 0 Å². The van der Waals surface area contributed by atoms with Gasteiger partial charge in [-0.15, -0.1) is 46.4 Å². The third-order valence-corrected chi connectivity index (χ3v) is 0. The third kappa shape index (κ3) is 9.23. The fraction of sp³-hybridized carbons (Fsp3) is 0. The van der Waals surface area contributed by atoms with Crippen LogP contribution in [0.4, 0.5) is 0 Å². The summed E-state index contributed by atoms with van der Waals surface area (Å²) in [6, 6.07) is 0. The van der Waals surface area contributed by atoms with Crippen molar-refractivity contribution in [3.05, 3.63) is 0 Å². The van der Waals surface area contributed by atoms with E-state index in [-0.39, 0.29) is 63.4 Å². The number of hydrogen-bond acceptors (Lipinski definition) is 0. The first-order valence-electron chi connectivity index (χ1n) is 0. The second kappa shape index (κ2) is 21.6. The van der Waals surface area contributed by atoms with Crippen LogP contribution in [0.25, 0.3) is 0 Å². The predicted molar refractivity (Wildman–Crippen MR) is 36.4 cm³/mol. The first-order chi connectivity index (χ1) is 0. The Morgan fingerprint density at radius 1 is 0.750 bits per heavy atom. The summed E-state index contributed by atoms with van der Waals surface area (Å²) in [5.74, 6) is 0. The van der Waals surface area contributed by atoms with E-state index in [1.165, 1.54) is 0 Å². The zero-order valence-electron chi connectivity index (χ0n) is 1.72. The minimum absolute atomic E-state index is 0. The zero-order valence-corrected chi connectivity index (χ0v) is 8.07. The second-order valence-electron chi connectivity index (χ2n) is 0. The molecule has 0 radical (unpaired) electrons. The van der Waals surface area contributed by atoms with E-state index in [2.05, 4.69) is 0 Å². The van der Waals surface area contributed by atoms with E-state index in [4.69, 9.17) is 0 Å². The molecule has 0 heterocycles. The molecule has 0 N–H and O–H groups in total.